The predicted octanol–water partition coefficient (Wildman–Crippen LogP) is 2.62. The van der Waals surface area contributed by atoms with Crippen molar-refractivity contribution < 1.29 is 23.9 Å². The molecule has 7 heteroatoms. The molecule has 2 aromatic carbocycles. The van der Waals surface area contributed by atoms with Crippen LogP contribution in [0.5, 0.6) is 5.75 Å². The first kappa shape index (κ1) is 16.2. The van der Waals surface area contributed by atoms with E-state index in [-0.39, 0.29) is 6.61 Å². The summed E-state index contributed by atoms with van der Waals surface area (Å²) in [5.41, 5.74) is 0.620. The second-order valence-electron chi connectivity index (χ2n) is 4.97. The molecule has 0 bridgehead atoms. The fourth-order valence-corrected chi connectivity index (χ4v) is 2.47. The quantitative estimate of drug-likeness (QED) is 0.580. The summed E-state index contributed by atoms with van der Waals surface area (Å²) >= 11 is 3.30. The number of carbonyl (C=O) groups is 3. The van der Waals surface area contributed by atoms with Crippen LogP contribution in [-0.2, 0) is 9.53 Å². The van der Waals surface area contributed by atoms with E-state index < -0.39 is 24.5 Å². The fraction of sp³-hybridized carbons (Fsp3) is 0.118. The van der Waals surface area contributed by atoms with Crippen LogP contribution in [0, 0.1) is 0 Å². The summed E-state index contributed by atoms with van der Waals surface area (Å²) in [5, 5.41) is 0. The molecule has 6 nitrogen and oxygen atoms in total. The molecule has 1 aliphatic heterocycles. The van der Waals surface area contributed by atoms with Crippen LogP contribution < -0.4 is 4.74 Å². The number of rotatable bonds is 5. The Labute approximate surface area is 146 Å². The van der Waals surface area contributed by atoms with Gasteiger partial charge in [-0.1, -0.05) is 28.1 Å². The van der Waals surface area contributed by atoms with Crippen LogP contribution in [0.3, 0.4) is 0 Å². The van der Waals surface area contributed by atoms with E-state index in [9.17, 15) is 14.4 Å². The standard InChI is InChI=1S/C17H12BrNO5/c18-11-5-7-12(8-6-11)23-9-15(20)24-10-19-16(21)13-3-1-2-4-14(13)17(19)22/h1-8H,9-10H2. The minimum absolute atomic E-state index is 0.310. The van der Waals surface area contributed by atoms with E-state index in [1.54, 1.807) is 48.5 Å². The molecule has 3 rings (SSSR count). The van der Waals surface area contributed by atoms with Gasteiger partial charge in [0, 0.05) is 4.47 Å². The summed E-state index contributed by atoms with van der Waals surface area (Å²) in [6, 6.07) is 13.4. The molecule has 0 fully saturated rings. The van der Waals surface area contributed by atoms with E-state index >= 15 is 0 Å². The molecule has 2 amide bonds. The average molecular weight is 390 g/mol. The number of benzene rings is 2. The molecule has 0 unspecified atom stereocenters. The number of esters is 1. The van der Waals surface area contributed by atoms with Gasteiger partial charge in [0.1, 0.15) is 5.75 Å². The van der Waals surface area contributed by atoms with E-state index in [2.05, 4.69) is 15.9 Å². The molecule has 24 heavy (non-hydrogen) atoms. The lowest BCUT2D eigenvalue weighted by atomic mass is 10.1. The third kappa shape index (κ3) is 3.30. The van der Waals surface area contributed by atoms with Gasteiger partial charge in [-0.05, 0) is 36.4 Å². The molecule has 122 valence electrons. The third-order valence-corrected chi connectivity index (χ3v) is 3.93. The summed E-state index contributed by atoms with van der Waals surface area (Å²) < 4.78 is 11.1. The second-order valence-corrected chi connectivity index (χ2v) is 5.89. The summed E-state index contributed by atoms with van der Waals surface area (Å²) in [6.07, 6.45) is 0. The van der Waals surface area contributed by atoms with Crippen LogP contribution in [-0.4, -0.2) is 36.0 Å². The molecular formula is C17H12BrNO5. The molecule has 0 saturated heterocycles. The van der Waals surface area contributed by atoms with Gasteiger partial charge < -0.3 is 9.47 Å². The van der Waals surface area contributed by atoms with Gasteiger partial charge in [0.15, 0.2) is 13.3 Å². The molecular weight excluding hydrogens is 378 g/mol. The summed E-state index contributed by atoms with van der Waals surface area (Å²) in [6.45, 7) is -0.750. The highest BCUT2D eigenvalue weighted by molar-refractivity contribution is 9.10. The highest BCUT2D eigenvalue weighted by atomic mass is 79.9. The first-order valence-corrected chi connectivity index (χ1v) is 7.85. The van der Waals surface area contributed by atoms with Crippen molar-refractivity contribution in [2.45, 2.75) is 0 Å². The zero-order valence-corrected chi connectivity index (χ0v) is 14.0. The Morgan fingerprint density at radius 3 is 2.12 bits per heavy atom. The van der Waals surface area contributed by atoms with Crippen molar-refractivity contribution in [2.24, 2.45) is 0 Å². The monoisotopic (exact) mass is 389 g/mol. The summed E-state index contributed by atoms with van der Waals surface area (Å²) in [7, 11) is 0. The molecule has 0 aliphatic carbocycles. The molecule has 0 N–H and O–H groups in total. The number of amides is 2. The SMILES string of the molecule is O=C(COc1ccc(Br)cc1)OCN1C(=O)c2ccccc2C1=O. The van der Waals surface area contributed by atoms with Crippen molar-refractivity contribution in [3.8, 4) is 5.75 Å². The molecule has 2 aromatic rings. The van der Waals surface area contributed by atoms with Gasteiger partial charge in [0.25, 0.3) is 11.8 Å². The maximum absolute atomic E-state index is 12.1. The minimum Gasteiger partial charge on any atom is -0.482 e. The molecule has 1 aliphatic rings. The van der Waals surface area contributed by atoms with Crippen LogP contribution >= 0.6 is 15.9 Å². The number of hydrogen-bond acceptors (Lipinski definition) is 5. The number of carbonyl (C=O) groups excluding carboxylic acids is 3. The smallest absolute Gasteiger partial charge is 0.345 e. The Morgan fingerprint density at radius 1 is 0.958 bits per heavy atom. The number of hydrogen-bond donors (Lipinski definition) is 0. The van der Waals surface area contributed by atoms with Crippen molar-refractivity contribution in [2.75, 3.05) is 13.3 Å². The van der Waals surface area contributed by atoms with Crippen LogP contribution in [0.25, 0.3) is 0 Å². The van der Waals surface area contributed by atoms with Crippen molar-refractivity contribution in [1.82, 2.24) is 4.90 Å². The van der Waals surface area contributed by atoms with Gasteiger partial charge in [-0.3, -0.25) is 9.59 Å². The molecule has 0 atom stereocenters. The van der Waals surface area contributed by atoms with Crippen molar-refractivity contribution in [3.63, 3.8) is 0 Å². The van der Waals surface area contributed by atoms with Gasteiger partial charge >= 0.3 is 5.97 Å². The highest BCUT2D eigenvalue weighted by Gasteiger charge is 2.35. The summed E-state index contributed by atoms with van der Waals surface area (Å²) in [4.78, 5) is 36.8. The number of nitrogens with zero attached hydrogens (tertiary/aromatic N) is 1. The lowest BCUT2D eigenvalue weighted by Gasteiger charge is -2.14. The van der Waals surface area contributed by atoms with Gasteiger partial charge in [-0.2, -0.15) is 0 Å². The van der Waals surface area contributed by atoms with Gasteiger partial charge in [-0.25, -0.2) is 9.69 Å². The van der Waals surface area contributed by atoms with E-state index in [4.69, 9.17) is 9.47 Å². The molecule has 1 heterocycles. The van der Waals surface area contributed by atoms with E-state index in [0.717, 1.165) is 9.37 Å². The predicted molar refractivity (Wildman–Crippen MR) is 87.5 cm³/mol. The maximum Gasteiger partial charge on any atom is 0.345 e. The van der Waals surface area contributed by atoms with Gasteiger partial charge in [0.2, 0.25) is 0 Å². The third-order valence-electron chi connectivity index (χ3n) is 3.40. The van der Waals surface area contributed by atoms with Crippen molar-refractivity contribution >= 4 is 33.7 Å². The number of imide groups is 1. The van der Waals surface area contributed by atoms with Gasteiger partial charge in [0.05, 0.1) is 11.1 Å². The van der Waals surface area contributed by atoms with Gasteiger partial charge in [-0.15, -0.1) is 0 Å². The fourth-order valence-electron chi connectivity index (χ4n) is 2.21. The molecule has 0 radical (unpaired) electrons. The Morgan fingerprint density at radius 2 is 1.54 bits per heavy atom. The first-order chi connectivity index (χ1) is 11.6. The van der Waals surface area contributed by atoms with E-state index in [0.29, 0.717) is 16.9 Å². The number of ether oxygens (including phenoxy) is 2. The number of fused-ring (bicyclic) bond motifs is 1. The topological polar surface area (TPSA) is 72.9 Å². The Kier molecular flexibility index (Phi) is 4.61. The molecule has 0 spiro atoms. The largest absolute Gasteiger partial charge is 0.482 e. The zero-order chi connectivity index (χ0) is 17.1. The first-order valence-electron chi connectivity index (χ1n) is 7.05. The van der Waals surface area contributed by atoms with Crippen LogP contribution in [0.2, 0.25) is 0 Å². The average Bonchev–Trinajstić information content (AvgIpc) is 2.84. The highest BCUT2D eigenvalue weighted by Crippen LogP contribution is 2.22. The summed E-state index contributed by atoms with van der Waals surface area (Å²) in [5.74, 6) is -1.11. The number of halogens is 1. The van der Waals surface area contributed by atoms with E-state index in [1.807, 2.05) is 0 Å². The lowest BCUT2D eigenvalue weighted by molar-refractivity contribution is -0.148. The van der Waals surface area contributed by atoms with E-state index in [1.165, 1.54) is 0 Å². The maximum atomic E-state index is 12.1. The lowest BCUT2D eigenvalue weighted by Crippen LogP contribution is -2.34. The molecule has 0 aromatic heterocycles. The van der Waals surface area contributed by atoms with Crippen LogP contribution in [0.15, 0.2) is 53.0 Å². The Hall–Kier alpha value is -2.67. The van der Waals surface area contributed by atoms with Crippen molar-refractivity contribution in [3.05, 3.63) is 64.1 Å². The Bertz CT molecular complexity index is 768. The molecule has 0 saturated carbocycles. The van der Waals surface area contributed by atoms with Crippen LogP contribution in [0.4, 0.5) is 0 Å². The minimum atomic E-state index is -0.672. The second kappa shape index (κ2) is 6.84. The normalized spacial score (nSPS) is 13.0. The van der Waals surface area contributed by atoms with Crippen LogP contribution in [0.1, 0.15) is 20.7 Å². The zero-order valence-electron chi connectivity index (χ0n) is 12.4. The Balaban J connectivity index is 1.53. The van der Waals surface area contributed by atoms with Crippen molar-refractivity contribution in [1.29, 1.82) is 0 Å².